The fourth-order valence-corrected chi connectivity index (χ4v) is 7.81. The van der Waals surface area contributed by atoms with Crippen molar-refractivity contribution in [3.63, 3.8) is 0 Å². The van der Waals surface area contributed by atoms with Crippen molar-refractivity contribution >= 4 is 19.8 Å². The Morgan fingerprint density at radius 1 is 0.509 bits per heavy atom. The predicted molar refractivity (Wildman–Crippen MR) is 238 cm³/mol. The highest BCUT2D eigenvalue weighted by molar-refractivity contribution is 7.47. The summed E-state index contributed by atoms with van der Waals surface area (Å²) in [6.07, 6.45) is 46.7. The third-order valence-electron chi connectivity index (χ3n) is 10.7. The second-order valence-corrected chi connectivity index (χ2v) is 17.8. The van der Waals surface area contributed by atoms with Gasteiger partial charge in [-0.1, -0.05) is 206 Å². The fraction of sp³-hybridized carbons (Fsp3) is 0.915. The van der Waals surface area contributed by atoms with Gasteiger partial charge in [-0.15, -0.1) is 0 Å². The number of phosphoric ester groups is 1. The summed E-state index contributed by atoms with van der Waals surface area (Å²) in [5, 5.41) is 0. The maximum atomic E-state index is 12.6. The number of carbonyl (C=O) groups excluding carboxylic acids is 2. The van der Waals surface area contributed by atoms with Crippen molar-refractivity contribution in [3.05, 3.63) is 12.2 Å². The molecule has 3 N–H and O–H groups in total. The first-order chi connectivity index (χ1) is 27.8. The molecule has 0 saturated carbocycles. The van der Waals surface area contributed by atoms with Crippen LogP contribution in [0.4, 0.5) is 0 Å². The van der Waals surface area contributed by atoms with Crippen molar-refractivity contribution in [2.24, 2.45) is 5.73 Å². The van der Waals surface area contributed by atoms with Crippen LogP contribution in [0.5, 0.6) is 0 Å². The molecule has 0 spiro atoms. The van der Waals surface area contributed by atoms with E-state index in [0.29, 0.717) is 6.42 Å². The Balaban J connectivity index is 4.04. The number of hydrogen-bond acceptors (Lipinski definition) is 8. The lowest BCUT2D eigenvalue weighted by Gasteiger charge is -2.19. The van der Waals surface area contributed by atoms with E-state index in [1.807, 2.05) is 0 Å². The number of carbonyl (C=O) groups is 2. The lowest BCUT2D eigenvalue weighted by atomic mass is 10.0. The molecule has 0 aromatic heterocycles. The Hall–Kier alpha value is -1.25. The van der Waals surface area contributed by atoms with Crippen LogP contribution in [0.2, 0.25) is 0 Å². The zero-order valence-electron chi connectivity index (χ0n) is 37.3. The summed E-state index contributed by atoms with van der Waals surface area (Å²) in [5.74, 6) is -0.815. The van der Waals surface area contributed by atoms with Crippen molar-refractivity contribution in [1.29, 1.82) is 0 Å². The molecule has 1 unspecified atom stereocenters. The van der Waals surface area contributed by atoms with Crippen molar-refractivity contribution in [2.45, 2.75) is 251 Å². The Kier molecular flexibility index (Phi) is 43.3. The van der Waals surface area contributed by atoms with Crippen LogP contribution in [0, 0.1) is 0 Å². The van der Waals surface area contributed by atoms with Gasteiger partial charge in [0, 0.05) is 19.4 Å². The van der Waals surface area contributed by atoms with Crippen LogP contribution < -0.4 is 5.73 Å². The van der Waals surface area contributed by atoms with Crippen LogP contribution in [0.25, 0.3) is 0 Å². The molecule has 0 heterocycles. The quantitative estimate of drug-likeness (QED) is 0.0266. The molecule has 57 heavy (non-hydrogen) atoms. The number of rotatable bonds is 46. The third kappa shape index (κ3) is 44.1. The first kappa shape index (κ1) is 55.8. The number of esters is 2. The van der Waals surface area contributed by atoms with E-state index in [2.05, 4.69) is 26.0 Å². The minimum atomic E-state index is -4.37. The monoisotopic (exact) mass is 830 g/mol. The molecule has 0 amide bonds. The molecule has 0 bridgehead atoms. The Morgan fingerprint density at radius 3 is 1.25 bits per heavy atom. The highest BCUT2D eigenvalue weighted by Crippen LogP contribution is 2.43. The van der Waals surface area contributed by atoms with Crippen molar-refractivity contribution < 1.29 is 37.6 Å². The second-order valence-electron chi connectivity index (χ2n) is 16.3. The lowest BCUT2D eigenvalue weighted by Crippen LogP contribution is -2.29. The first-order valence-electron chi connectivity index (χ1n) is 24.2. The summed E-state index contributed by atoms with van der Waals surface area (Å²) < 4.78 is 32.9. The fourth-order valence-electron chi connectivity index (χ4n) is 7.04. The van der Waals surface area contributed by atoms with E-state index in [0.717, 1.165) is 32.1 Å². The molecular formula is C47H92NO8P. The Labute approximate surface area is 351 Å². The maximum Gasteiger partial charge on any atom is 0.472 e. The van der Waals surface area contributed by atoms with Crippen molar-refractivity contribution in [3.8, 4) is 0 Å². The number of hydrogen-bond donors (Lipinski definition) is 2. The van der Waals surface area contributed by atoms with Crippen molar-refractivity contribution in [1.82, 2.24) is 0 Å². The zero-order valence-corrected chi connectivity index (χ0v) is 38.2. The Morgan fingerprint density at radius 2 is 0.860 bits per heavy atom. The van der Waals surface area contributed by atoms with Crippen LogP contribution >= 0.6 is 7.82 Å². The highest BCUT2D eigenvalue weighted by atomic mass is 31.2. The molecule has 0 aromatic rings. The molecule has 338 valence electrons. The molecule has 0 aliphatic rings. The molecule has 9 nitrogen and oxygen atoms in total. The van der Waals surface area contributed by atoms with Crippen LogP contribution in [-0.2, 0) is 32.7 Å². The van der Waals surface area contributed by atoms with Gasteiger partial charge >= 0.3 is 19.8 Å². The zero-order chi connectivity index (χ0) is 41.8. The third-order valence-corrected chi connectivity index (χ3v) is 11.6. The molecule has 10 heteroatoms. The van der Waals surface area contributed by atoms with Gasteiger partial charge in [0.1, 0.15) is 6.61 Å². The van der Waals surface area contributed by atoms with E-state index in [4.69, 9.17) is 24.3 Å². The molecule has 0 aliphatic heterocycles. The topological polar surface area (TPSA) is 134 Å². The SMILES string of the molecule is CCCCCCCC/C=C\CCCCCCCCCCCCCC(=O)O[C@H](COC(=O)CCCCCCCCCCCCCCCCC)COP(=O)(O)OCCN. The van der Waals surface area contributed by atoms with E-state index in [9.17, 15) is 19.0 Å². The van der Waals surface area contributed by atoms with Gasteiger partial charge in [-0.05, 0) is 38.5 Å². The number of allylic oxidation sites excluding steroid dienone is 2. The van der Waals surface area contributed by atoms with E-state index < -0.39 is 26.5 Å². The number of nitrogens with two attached hydrogens (primary N) is 1. The average molecular weight is 830 g/mol. The van der Waals surface area contributed by atoms with E-state index in [-0.39, 0.29) is 38.6 Å². The molecular weight excluding hydrogens is 737 g/mol. The molecule has 0 saturated heterocycles. The van der Waals surface area contributed by atoms with Gasteiger partial charge in [0.2, 0.25) is 0 Å². The summed E-state index contributed by atoms with van der Waals surface area (Å²) in [7, 11) is -4.37. The predicted octanol–water partition coefficient (Wildman–Crippen LogP) is 14.2. The van der Waals surface area contributed by atoms with Gasteiger partial charge in [0.15, 0.2) is 6.10 Å². The minimum absolute atomic E-state index is 0.0565. The highest BCUT2D eigenvalue weighted by Gasteiger charge is 2.26. The van der Waals surface area contributed by atoms with Crippen LogP contribution in [0.1, 0.15) is 245 Å². The van der Waals surface area contributed by atoms with E-state index in [1.54, 1.807) is 0 Å². The average Bonchev–Trinajstić information content (AvgIpc) is 3.20. The summed E-state index contributed by atoms with van der Waals surface area (Å²) in [6, 6.07) is 0. The summed E-state index contributed by atoms with van der Waals surface area (Å²) >= 11 is 0. The maximum absolute atomic E-state index is 12.6. The van der Waals surface area contributed by atoms with E-state index >= 15 is 0 Å². The smallest absolute Gasteiger partial charge is 0.462 e. The molecule has 0 aromatic carbocycles. The van der Waals surface area contributed by atoms with Gasteiger partial charge in [-0.2, -0.15) is 0 Å². The molecule has 0 aliphatic carbocycles. The van der Waals surface area contributed by atoms with Gasteiger partial charge in [-0.3, -0.25) is 18.6 Å². The van der Waals surface area contributed by atoms with Gasteiger partial charge < -0.3 is 20.1 Å². The molecule has 0 rings (SSSR count). The summed E-state index contributed by atoms with van der Waals surface area (Å²) in [4.78, 5) is 35.0. The first-order valence-corrected chi connectivity index (χ1v) is 25.7. The number of unbranched alkanes of at least 4 members (excludes halogenated alkanes) is 31. The van der Waals surface area contributed by atoms with Crippen LogP contribution in [-0.4, -0.2) is 49.3 Å². The summed E-state index contributed by atoms with van der Waals surface area (Å²) in [5.41, 5.74) is 5.36. The van der Waals surface area contributed by atoms with Gasteiger partial charge in [0.25, 0.3) is 0 Å². The normalized spacial score (nSPS) is 13.3. The molecule has 2 atom stereocenters. The van der Waals surface area contributed by atoms with Crippen LogP contribution in [0.3, 0.4) is 0 Å². The largest absolute Gasteiger partial charge is 0.472 e. The minimum Gasteiger partial charge on any atom is -0.462 e. The second kappa shape index (κ2) is 44.3. The summed E-state index contributed by atoms with van der Waals surface area (Å²) in [6.45, 7) is 3.77. The number of phosphoric acid groups is 1. The standard InChI is InChI=1S/C47H92NO8P/c1-3-5-7-9-11-13-15-17-19-20-21-22-23-24-26-28-30-32-34-36-38-40-47(50)56-45(44-55-57(51,52)54-42-41-48)43-53-46(49)39-37-35-33-31-29-27-25-18-16-14-12-10-8-6-4-2/h17,19,45H,3-16,18,20-44,48H2,1-2H3,(H,51,52)/b19-17-/t45-/m1/s1. The van der Waals surface area contributed by atoms with Crippen LogP contribution in [0.15, 0.2) is 12.2 Å². The number of ether oxygens (including phenoxy) is 2. The Bertz CT molecular complexity index is 948. The molecule has 0 radical (unpaired) electrons. The van der Waals surface area contributed by atoms with Gasteiger partial charge in [0.05, 0.1) is 13.2 Å². The lowest BCUT2D eigenvalue weighted by molar-refractivity contribution is -0.161. The van der Waals surface area contributed by atoms with Crippen molar-refractivity contribution in [2.75, 3.05) is 26.4 Å². The van der Waals surface area contributed by atoms with Gasteiger partial charge in [-0.25, -0.2) is 4.57 Å². The van der Waals surface area contributed by atoms with E-state index in [1.165, 1.54) is 180 Å². The molecule has 0 fully saturated rings.